The third-order valence-corrected chi connectivity index (χ3v) is 6.07. The van der Waals surface area contributed by atoms with Crippen molar-refractivity contribution in [1.82, 2.24) is 4.90 Å². The highest BCUT2D eigenvalue weighted by molar-refractivity contribution is 8.18. The standard InChI is InChI=1S/C25H17ClFNO4S/c26-19-12-16(10-11-22(19)32-15-18-8-4-5-9-20(18)27)13-23-24(30)28(25(31)33-23)14-21(29)17-6-2-1-3-7-17/h1-13H,14-15H2/b23-13-. The van der Waals surface area contributed by atoms with Gasteiger partial charge in [-0.25, -0.2) is 4.39 Å². The summed E-state index contributed by atoms with van der Waals surface area (Å²) in [6.07, 6.45) is 1.53. The number of rotatable bonds is 7. The molecule has 3 aromatic rings. The molecule has 0 unspecified atom stereocenters. The number of carbonyl (C=O) groups excluding carboxylic acids is 3. The Kier molecular flexibility index (Phi) is 6.91. The van der Waals surface area contributed by atoms with Crippen molar-refractivity contribution in [2.45, 2.75) is 6.61 Å². The predicted molar refractivity (Wildman–Crippen MR) is 126 cm³/mol. The largest absolute Gasteiger partial charge is 0.487 e. The van der Waals surface area contributed by atoms with Gasteiger partial charge in [0.05, 0.1) is 16.5 Å². The number of ketones is 1. The van der Waals surface area contributed by atoms with Crippen LogP contribution in [0, 0.1) is 5.82 Å². The molecule has 0 radical (unpaired) electrons. The summed E-state index contributed by atoms with van der Waals surface area (Å²) in [6, 6.07) is 19.6. The molecule has 0 atom stereocenters. The number of Topliss-reactive ketones (excluding diaryl/α,β-unsaturated/α-hetero) is 1. The van der Waals surface area contributed by atoms with Gasteiger partial charge >= 0.3 is 0 Å². The number of nitrogens with zero attached hydrogens (tertiary/aromatic N) is 1. The van der Waals surface area contributed by atoms with E-state index in [1.807, 2.05) is 0 Å². The molecular formula is C25H17ClFNO4S. The Morgan fingerprint density at radius 3 is 2.48 bits per heavy atom. The summed E-state index contributed by atoms with van der Waals surface area (Å²) in [7, 11) is 0. The summed E-state index contributed by atoms with van der Waals surface area (Å²) in [5.41, 5.74) is 1.41. The lowest BCUT2D eigenvalue weighted by molar-refractivity contribution is -0.122. The molecule has 1 aliphatic heterocycles. The molecule has 0 aromatic heterocycles. The maximum Gasteiger partial charge on any atom is 0.293 e. The Morgan fingerprint density at radius 2 is 1.76 bits per heavy atom. The van der Waals surface area contributed by atoms with Crippen molar-refractivity contribution < 1.29 is 23.5 Å². The minimum atomic E-state index is -0.537. The van der Waals surface area contributed by atoms with Crippen LogP contribution in [0.15, 0.2) is 77.7 Å². The van der Waals surface area contributed by atoms with Crippen LogP contribution in [0.2, 0.25) is 5.02 Å². The number of thioether (sulfide) groups is 1. The topological polar surface area (TPSA) is 63.7 Å². The van der Waals surface area contributed by atoms with E-state index in [-0.39, 0.29) is 34.7 Å². The molecule has 1 aliphatic rings. The summed E-state index contributed by atoms with van der Waals surface area (Å²) in [5.74, 6) is -0.867. The minimum Gasteiger partial charge on any atom is -0.487 e. The van der Waals surface area contributed by atoms with E-state index in [4.69, 9.17) is 16.3 Å². The molecule has 0 aliphatic carbocycles. The number of hydrogen-bond donors (Lipinski definition) is 0. The molecule has 8 heteroatoms. The Balaban J connectivity index is 1.44. The molecule has 4 rings (SSSR count). The van der Waals surface area contributed by atoms with Gasteiger partial charge in [0.2, 0.25) is 0 Å². The van der Waals surface area contributed by atoms with E-state index in [1.54, 1.807) is 66.7 Å². The van der Waals surface area contributed by atoms with Crippen LogP contribution >= 0.6 is 23.4 Å². The molecule has 0 saturated carbocycles. The van der Waals surface area contributed by atoms with Gasteiger partial charge < -0.3 is 4.74 Å². The van der Waals surface area contributed by atoms with E-state index in [9.17, 15) is 18.8 Å². The molecule has 1 heterocycles. The molecule has 5 nitrogen and oxygen atoms in total. The maximum absolute atomic E-state index is 13.8. The first-order valence-corrected chi connectivity index (χ1v) is 11.1. The number of ether oxygens (including phenoxy) is 1. The Labute approximate surface area is 198 Å². The van der Waals surface area contributed by atoms with Crippen LogP contribution in [-0.4, -0.2) is 28.4 Å². The first-order valence-electron chi connectivity index (χ1n) is 9.92. The minimum absolute atomic E-state index is 0.0140. The van der Waals surface area contributed by atoms with Crippen molar-refractivity contribution in [1.29, 1.82) is 0 Å². The first-order chi connectivity index (χ1) is 15.9. The highest BCUT2D eigenvalue weighted by Crippen LogP contribution is 2.34. The predicted octanol–water partition coefficient (Wildman–Crippen LogP) is 5.98. The Bertz CT molecular complexity index is 1260. The van der Waals surface area contributed by atoms with Crippen molar-refractivity contribution in [3.05, 3.63) is 105 Å². The normalized spacial score (nSPS) is 14.7. The van der Waals surface area contributed by atoms with E-state index in [0.717, 1.165) is 16.7 Å². The maximum atomic E-state index is 13.8. The fourth-order valence-corrected chi connectivity index (χ4v) is 4.22. The SMILES string of the molecule is O=C(CN1C(=O)S/C(=C\c2ccc(OCc3ccccc3F)c(Cl)c2)C1=O)c1ccccc1. The van der Waals surface area contributed by atoms with E-state index in [2.05, 4.69) is 0 Å². The molecule has 0 bridgehead atoms. The van der Waals surface area contributed by atoms with Crippen LogP contribution in [0.3, 0.4) is 0 Å². The van der Waals surface area contributed by atoms with E-state index in [0.29, 0.717) is 22.4 Å². The third kappa shape index (κ3) is 5.32. The summed E-state index contributed by atoms with van der Waals surface area (Å²) >= 11 is 7.05. The molecular weight excluding hydrogens is 465 g/mol. The van der Waals surface area contributed by atoms with Gasteiger partial charge in [-0.05, 0) is 41.6 Å². The van der Waals surface area contributed by atoms with Crippen LogP contribution < -0.4 is 4.74 Å². The number of amides is 2. The van der Waals surface area contributed by atoms with Gasteiger partial charge in [0, 0.05) is 11.1 Å². The van der Waals surface area contributed by atoms with Crippen molar-refractivity contribution in [3.63, 3.8) is 0 Å². The highest BCUT2D eigenvalue weighted by Gasteiger charge is 2.36. The number of carbonyl (C=O) groups is 3. The average Bonchev–Trinajstić information content (AvgIpc) is 3.07. The zero-order chi connectivity index (χ0) is 23.4. The fraction of sp³-hybridized carbons (Fsp3) is 0.0800. The van der Waals surface area contributed by atoms with Gasteiger partial charge in [0.15, 0.2) is 5.78 Å². The van der Waals surface area contributed by atoms with E-state index in [1.165, 1.54) is 12.1 Å². The third-order valence-electron chi connectivity index (χ3n) is 4.87. The average molecular weight is 482 g/mol. The van der Waals surface area contributed by atoms with Crippen molar-refractivity contribution in [2.24, 2.45) is 0 Å². The van der Waals surface area contributed by atoms with Crippen molar-refractivity contribution in [3.8, 4) is 5.75 Å². The second-order valence-corrected chi connectivity index (χ2v) is 8.53. The lowest BCUT2D eigenvalue weighted by Crippen LogP contribution is -2.33. The molecule has 3 aromatic carbocycles. The van der Waals surface area contributed by atoms with Crippen LogP contribution in [-0.2, 0) is 11.4 Å². The molecule has 0 N–H and O–H groups in total. The summed E-state index contributed by atoms with van der Waals surface area (Å²) in [6.45, 7) is -0.310. The quantitative estimate of drug-likeness (QED) is 0.307. The second kappa shape index (κ2) is 10.0. The molecule has 166 valence electrons. The Morgan fingerprint density at radius 1 is 1.03 bits per heavy atom. The van der Waals surface area contributed by atoms with Gasteiger partial charge in [-0.3, -0.25) is 19.3 Å². The lowest BCUT2D eigenvalue weighted by Gasteiger charge is -2.11. The smallest absolute Gasteiger partial charge is 0.293 e. The van der Waals surface area contributed by atoms with Gasteiger partial charge in [-0.2, -0.15) is 0 Å². The number of hydrogen-bond acceptors (Lipinski definition) is 5. The molecule has 2 amide bonds. The van der Waals surface area contributed by atoms with Gasteiger partial charge in [-0.15, -0.1) is 0 Å². The molecule has 0 spiro atoms. The Hall–Kier alpha value is -3.42. The van der Waals surface area contributed by atoms with Crippen LogP contribution in [0.25, 0.3) is 6.08 Å². The zero-order valence-electron chi connectivity index (χ0n) is 17.2. The van der Waals surface area contributed by atoms with Crippen LogP contribution in [0.1, 0.15) is 21.5 Å². The van der Waals surface area contributed by atoms with Crippen molar-refractivity contribution >= 4 is 46.4 Å². The number of benzene rings is 3. The summed E-state index contributed by atoms with van der Waals surface area (Å²) in [5, 5.41) is -0.231. The summed E-state index contributed by atoms with van der Waals surface area (Å²) in [4.78, 5) is 38.5. The first kappa shape index (κ1) is 22.8. The van der Waals surface area contributed by atoms with E-state index >= 15 is 0 Å². The lowest BCUT2D eigenvalue weighted by atomic mass is 10.1. The van der Waals surface area contributed by atoms with E-state index < -0.39 is 11.1 Å². The number of halogens is 2. The van der Waals surface area contributed by atoms with Gasteiger partial charge in [0.1, 0.15) is 18.2 Å². The van der Waals surface area contributed by atoms with Crippen molar-refractivity contribution in [2.75, 3.05) is 6.54 Å². The summed E-state index contributed by atoms with van der Waals surface area (Å²) < 4.78 is 19.4. The fourth-order valence-electron chi connectivity index (χ4n) is 3.14. The molecule has 1 fully saturated rings. The van der Waals surface area contributed by atoms with Gasteiger partial charge in [0.25, 0.3) is 11.1 Å². The highest BCUT2D eigenvalue weighted by atomic mass is 35.5. The van der Waals surface area contributed by atoms with Crippen LogP contribution in [0.4, 0.5) is 9.18 Å². The molecule has 1 saturated heterocycles. The zero-order valence-corrected chi connectivity index (χ0v) is 18.7. The van der Waals surface area contributed by atoms with Gasteiger partial charge in [-0.1, -0.05) is 66.2 Å². The monoisotopic (exact) mass is 481 g/mol. The van der Waals surface area contributed by atoms with Crippen LogP contribution in [0.5, 0.6) is 5.75 Å². The number of imide groups is 1. The molecule has 33 heavy (non-hydrogen) atoms. The second-order valence-electron chi connectivity index (χ2n) is 7.13.